The quantitative estimate of drug-likeness (QED) is 0.741. The molecule has 1 aliphatic rings. The van der Waals surface area contributed by atoms with Crippen LogP contribution in [0.3, 0.4) is 0 Å². The Morgan fingerprint density at radius 2 is 2.21 bits per heavy atom. The number of amides is 1. The van der Waals surface area contributed by atoms with Crippen LogP contribution in [0.5, 0.6) is 0 Å². The van der Waals surface area contributed by atoms with Gasteiger partial charge >= 0.3 is 6.09 Å². The lowest BCUT2D eigenvalue weighted by Gasteiger charge is -2.35. The predicted octanol–water partition coefficient (Wildman–Crippen LogP) is 0.879. The third-order valence-electron chi connectivity index (χ3n) is 3.61. The highest BCUT2D eigenvalue weighted by molar-refractivity contribution is 5.64. The summed E-state index contributed by atoms with van der Waals surface area (Å²) in [5.74, 6) is 0. The van der Waals surface area contributed by atoms with Crippen molar-refractivity contribution in [3.63, 3.8) is 0 Å². The van der Waals surface area contributed by atoms with Crippen molar-refractivity contribution in [2.45, 2.75) is 44.4 Å². The zero-order chi connectivity index (χ0) is 14.0. The fourth-order valence-electron chi connectivity index (χ4n) is 2.60. The minimum absolute atomic E-state index is 0.0460. The maximum atomic E-state index is 11.4. The zero-order valence-corrected chi connectivity index (χ0v) is 10.7. The van der Waals surface area contributed by atoms with Gasteiger partial charge < -0.3 is 20.1 Å². The van der Waals surface area contributed by atoms with E-state index in [4.69, 9.17) is 5.11 Å². The molecule has 3 unspecified atom stereocenters. The standard InChI is InChI=1S/C13H18N2O4/c1-8-7-15(5-4-12(8)17)11-6-9(16)2-3-10(11)14-13(18)19/h4-5,7,9-11,14,16H,2-3,6H2,1H3,(H,18,19). The van der Waals surface area contributed by atoms with Gasteiger partial charge in [0.2, 0.25) is 0 Å². The first-order valence-electron chi connectivity index (χ1n) is 6.33. The van der Waals surface area contributed by atoms with Gasteiger partial charge in [-0.05, 0) is 26.2 Å². The summed E-state index contributed by atoms with van der Waals surface area (Å²) in [6.45, 7) is 1.72. The summed E-state index contributed by atoms with van der Waals surface area (Å²) in [5, 5.41) is 21.1. The number of carboxylic acid groups (broad SMARTS) is 1. The molecule has 1 amide bonds. The minimum Gasteiger partial charge on any atom is -0.465 e. The third kappa shape index (κ3) is 3.14. The summed E-state index contributed by atoms with van der Waals surface area (Å²) in [4.78, 5) is 22.2. The van der Waals surface area contributed by atoms with Crippen LogP contribution >= 0.6 is 0 Å². The van der Waals surface area contributed by atoms with Gasteiger partial charge in [0.15, 0.2) is 5.43 Å². The number of hydrogen-bond acceptors (Lipinski definition) is 3. The molecule has 1 aromatic rings. The van der Waals surface area contributed by atoms with E-state index < -0.39 is 12.2 Å². The Bertz CT molecular complexity index is 526. The summed E-state index contributed by atoms with van der Waals surface area (Å²) >= 11 is 0. The second-order valence-corrected chi connectivity index (χ2v) is 5.03. The van der Waals surface area contributed by atoms with Gasteiger partial charge in [0.25, 0.3) is 0 Å². The summed E-state index contributed by atoms with van der Waals surface area (Å²) in [6, 6.07) is 1.05. The maximum Gasteiger partial charge on any atom is 0.404 e. The van der Waals surface area contributed by atoms with Gasteiger partial charge in [0, 0.05) is 24.0 Å². The molecular weight excluding hydrogens is 248 g/mol. The molecule has 2 rings (SSSR count). The monoisotopic (exact) mass is 266 g/mol. The number of aromatic nitrogens is 1. The van der Waals surface area contributed by atoms with Crippen molar-refractivity contribution >= 4 is 6.09 Å². The molecule has 6 heteroatoms. The number of rotatable bonds is 2. The van der Waals surface area contributed by atoms with E-state index in [0.29, 0.717) is 24.8 Å². The Morgan fingerprint density at radius 1 is 1.47 bits per heavy atom. The largest absolute Gasteiger partial charge is 0.465 e. The van der Waals surface area contributed by atoms with Gasteiger partial charge in [-0.25, -0.2) is 4.79 Å². The van der Waals surface area contributed by atoms with E-state index in [9.17, 15) is 14.7 Å². The Hall–Kier alpha value is -1.82. The van der Waals surface area contributed by atoms with Gasteiger partial charge in [-0.3, -0.25) is 4.79 Å². The molecule has 0 aromatic carbocycles. The van der Waals surface area contributed by atoms with Crippen LogP contribution in [0.25, 0.3) is 0 Å². The Kier molecular flexibility index (Phi) is 3.90. The molecule has 1 heterocycles. The molecule has 0 aliphatic heterocycles. The first-order valence-corrected chi connectivity index (χ1v) is 6.33. The molecule has 1 aliphatic carbocycles. The number of nitrogens with one attached hydrogen (secondary N) is 1. The summed E-state index contributed by atoms with van der Waals surface area (Å²) in [7, 11) is 0. The van der Waals surface area contributed by atoms with Crippen molar-refractivity contribution in [2.24, 2.45) is 0 Å². The molecule has 104 valence electrons. The molecule has 1 fully saturated rings. The van der Waals surface area contributed by atoms with E-state index in [1.165, 1.54) is 6.07 Å². The average molecular weight is 266 g/mol. The first kappa shape index (κ1) is 13.6. The van der Waals surface area contributed by atoms with Crippen molar-refractivity contribution < 1.29 is 15.0 Å². The molecule has 19 heavy (non-hydrogen) atoms. The van der Waals surface area contributed by atoms with Crippen LogP contribution in [0, 0.1) is 6.92 Å². The van der Waals surface area contributed by atoms with Gasteiger partial charge in [-0.15, -0.1) is 0 Å². The van der Waals surface area contributed by atoms with Crippen LogP contribution in [0.1, 0.15) is 30.9 Å². The maximum absolute atomic E-state index is 11.4. The lowest BCUT2D eigenvalue weighted by atomic mass is 9.88. The van der Waals surface area contributed by atoms with Gasteiger partial charge in [0.05, 0.1) is 18.2 Å². The van der Waals surface area contributed by atoms with Crippen LogP contribution in [-0.4, -0.2) is 33.0 Å². The molecule has 1 saturated carbocycles. The number of aliphatic hydroxyl groups is 1. The topological polar surface area (TPSA) is 91.6 Å². The number of pyridine rings is 1. The predicted molar refractivity (Wildman–Crippen MR) is 69.3 cm³/mol. The zero-order valence-electron chi connectivity index (χ0n) is 10.7. The molecule has 1 aromatic heterocycles. The van der Waals surface area contributed by atoms with E-state index >= 15 is 0 Å². The van der Waals surface area contributed by atoms with Crippen LogP contribution in [0.4, 0.5) is 4.79 Å². The molecule has 0 saturated heterocycles. The number of carbonyl (C=O) groups is 1. The highest BCUT2D eigenvalue weighted by Crippen LogP contribution is 2.28. The second kappa shape index (κ2) is 5.44. The van der Waals surface area contributed by atoms with Crippen molar-refractivity contribution in [3.05, 3.63) is 34.2 Å². The smallest absolute Gasteiger partial charge is 0.404 e. The number of aryl methyl sites for hydroxylation is 1. The van der Waals surface area contributed by atoms with E-state index in [1.54, 1.807) is 19.3 Å². The van der Waals surface area contributed by atoms with Crippen molar-refractivity contribution in [1.82, 2.24) is 9.88 Å². The molecule has 6 nitrogen and oxygen atoms in total. The van der Waals surface area contributed by atoms with Crippen LogP contribution < -0.4 is 10.7 Å². The molecule has 3 N–H and O–H groups in total. The average Bonchev–Trinajstić information content (AvgIpc) is 2.34. The summed E-state index contributed by atoms with van der Waals surface area (Å²) in [6.07, 6.45) is 3.51. The van der Waals surface area contributed by atoms with E-state index in [1.807, 2.05) is 4.57 Å². The fraction of sp³-hybridized carbons (Fsp3) is 0.538. The number of hydrogen-bond donors (Lipinski definition) is 3. The molecule has 3 atom stereocenters. The van der Waals surface area contributed by atoms with Crippen LogP contribution in [0.2, 0.25) is 0 Å². The lowest BCUT2D eigenvalue weighted by molar-refractivity contribution is 0.0829. The van der Waals surface area contributed by atoms with Gasteiger partial charge in [-0.2, -0.15) is 0 Å². The van der Waals surface area contributed by atoms with Gasteiger partial charge in [0.1, 0.15) is 0 Å². The molecular formula is C13H18N2O4. The molecule has 0 bridgehead atoms. The normalized spacial score (nSPS) is 26.9. The van der Waals surface area contributed by atoms with Crippen molar-refractivity contribution in [2.75, 3.05) is 0 Å². The number of nitrogens with zero attached hydrogens (tertiary/aromatic N) is 1. The summed E-state index contributed by atoms with van der Waals surface area (Å²) in [5.41, 5.74) is 0.562. The fourth-order valence-corrected chi connectivity index (χ4v) is 2.60. The number of aliphatic hydroxyl groups excluding tert-OH is 1. The molecule has 0 spiro atoms. The van der Waals surface area contributed by atoms with Crippen molar-refractivity contribution in [1.29, 1.82) is 0 Å². The van der Waals surface area contributed by atoms with Crippen molar-refractivity contribution in [3.8, 4) is 0 Å². The van der Waals surface area contributed by atoms with E-state index in [0.717, 1.165) is 0 Å². The van der Waals surface area contributed by atoms with E-state index in [-0.39, 0.29) is 17.5 Å². The SMILES string of the molecule is Cc1cn(C2CC(O)CCC2NC(=O)O)ccc1=O. The third-order valence-corrected chi connectivity index (χ3v) is 3.61. The summed E-state index contributed by atoms with van der Waals surface area (Å²) < 4.78 is 1.82. The van der Waals surface area contributed by atoms with Crippen LogP contribution in [0.15, 0.2) is 23.3 Å². The Labute approximate surface area is 110 Å². The molecule has 0 radical (unpaired) electrons. The first-order chi connectivity index (χ1) is 8.97. The van der Waals surface area contributed by atoms with E-state index in [2.05, 4.69) is 5.32 Å². The lowest BCUT2D eigenvalue weighted by Crippen LogP contribution is -2.45. The van der Waals surface area contributed by atoms with Crippen LogP contribution in [-0.2, 0) is 0 Å². The highest BCUT2D eigenvalue weighted by Gasteiger charge is 2.31. The van der Waals surface area contributed by atoms with Gasteiger partial charge in [-0.1, -0.05) is 0 Å². The Morgan fingerprint density at radius 3 is 2.84 bits per heavy atom. The Balaban J connectivity index is 2.27. The highest BCUT2D eigenvalue weighted by atomic mass is 16.4. The second-order valence-electron chi connectivity index (χ2n) is 5.03. The minimum atomic E-state index is -1.07.